The van der Waals surface area contributed by atoms with E-state index >= 15 is 0 Å². The summed E-state index contributed by atoms with van der Waals surface area (Å²) in [5, 5.41) is 2.83. The highest BCUT2D eigenvalue weighted by atomic mass is 16.5. The van der Waals surface area contributed by atoms with E-state index in [1.165, 1.54) is 0 Å². The topological polar surface area (TPSA) is 67.9 Å². The number of para-hydroxylation sites is 2. The van der Waals surface area contributed by atoms with Gasteiger partial charge in [0.05, 0.1) is 17.9 Å². The highest BCUT2D eigenvalue weighted by Crippen LogP contribution is 2.27. The van der Waals surface area contributed by atoms with Gasteiger partial charge >= 0.3 is 0 Å². The van der Waals surface area contributed by atoms with Crippen molar-refractivity contribution in [2.24, 2.45) is 0 Å². The van der Waals surface area contributed by atoms with Crippen LogP contribution >= 0.6 is 0 Å². The van der Waals surface area contributed by atoms with Gasteiger partial charge in [0.25, 0.3) is 11.8 Å². The standard InChI is InChI=1S/C22H26N2O4/c1-3-27-18-11-4-5-12-19(18)28-15-20(25)23-17-10-8-9-16(2)21(17)22(26)24-13-6-7-14-24/h4-5,8-12H,3,6-7,13-15H2,1-2H3,(H,23,25). The van der Waals surface area contributed by atoms with Crippen LogP contribution in [0.5, 0.6) is 11.5 Å². The summed E-state index contributed by atoms with van der Waals surface area (Å²) in [5.41, 5.74) is 1.91. The average molecular weight is 382 g/mol. The van der Waals surface area contributed by atoms with E-state index in [1.54, 1.807) is 18.2 Å². The molecule has 0 aliphatic carbocycles. The molecular weight excluding hydrogens is 356 g/mol. The van der Waals surface area contributed by atoms with Gasteiger partial charge in [-0.05, 0) is 50.5 Å². The number of benzene rings is 2. The van der Waals surface area contributed by atoms with Crippen LogP contribution in [0.1, 0.15) is 35.7 Å². The van der Waals surface area contributed by atoms with Gasteiger partial charge in [0.2, 0.25) is 0 Å². The molecule has 1 aliphatic rings. The Morgan fingerprint density at radius 1 is 1.00 bits per heavy atom. The maximum absolute atomic E-state index is 12.9. The van der Waals surface area contributed by atoms with Gasteiger partial charge < -0.3 is 19.7 Å². The normalized spacial score (nSPS) is 13.3. The monoisotopic (exact) mass is 382 g/mol. The zero-order valence-corrected chi connectivity index (χ0v) is 16.4. The van der Waals surface area contributed by atoms with E-state index in [1.807, 2.05) is 43.0 Å². The second kappa shape index (κ2) is 9.26. The number of aryl methyl sites for hydroxylation is 1. The highest BCUT2D eigenvalue weighted by molar-refractivity contribution is 6.05. The minimum atomic E-state index is -0.327. The molecule has 3 rings (SSSR count). The Bertz CT molecular complexity index is 844. The van der Waals surface area contributed by atoms with Gasteiger partial charge in [0.15, 0.2) is 18.1 Å². The van der Waals surface area contributed by atoms with Gasteiger partial charge in [-0.15, -0.1) is 0 Å². The van der Waals surface area contributed by atoms with Crippen LogP contribution in [0.25, 0.3) is 0 Å². The predicted molar refractivity (Wildman–Crippen MR) is 108 cm³/mol. The van der Waals surface area contributed by atoms with Crippen molar-refractivity contribution in [3.63, 3.8) is 0 Å². The van der Waals surface area contributed by atoms with Crippen LogP contribution in [-0.4, -0.2) is 43.0 Å². The van der Waals surface area contributed by atoms with Crippen molar-refractivity contribution in [1.82, 2.24) is 4.90 Å². The molecule has 1 saturated heterocycles. The molecule has 0 spiro atoms. The quantitative estimate of drug-likeness (QED) is 0.794. The van der Waals surface area contributed by atoms with Crippen molar-refractivity contribution in [2.75, 3.05) is 31.6 Å². The molecule has 0 saturated carbocycles. The summed E-state index contributed by atoms with van der Waals surface area (Å²) in [5.74, 6) is 0.747. The Balaban J connectivity index is 1.69. The van der Waals surface area contributed by atoms with Crippen molar-refractivity contribution in [3.05, 3.63) is 53.6 Å². The molecule has 1 N–H and O–H groups in total. The lowest BCUT2D eigenvalue weighted by Crippen LogP contribution is -2.30. The number of anilines is 1. The molecule has 0 radical (unpaired) electrons. The number of nitrogens with one attached hydrogen (secondary N) is 1. The molecule has 28 heavy (non-hydrogen) atoms. The highest BCUT2D eigenvalue weighted by Gasteiger charge is 2.24. The first-order chi connectivity index (χ1) is 13.6. The van der Waals surface area contributed by atoms with Crippen LogP contribution in [0.4, 0.5) is 5.69 Å². The summed E-state index contributed by atoms with van der Waals surface area (Å²) in [7, 11) is 0. The van der Waals surface area contributed by atoms with Crippen LogP contribution in [0.2, 0.25) is 0 Å². The van der Waals surface area contributed by atoms with Crippen molar-refractivity contribution < 1.29 is 19.1 Å². The van der Waals surface area contributed by atoms with E-state index in [0.717, 1.165) is 31.5 Å². The number of rotatable bonds is 7. The van der Waals surface area contributed by atoms with Gasteiger partial charge in [0.1, 0.15) is 0 Å². The number of likely N-dealkylation sites (tertiary alicyclic amines) is 1. The maximum Gasteiger partial charge on any atom is 0.262 e. The number of carbonyl (C=O) groups is 2. The molecule has 6 heteroatoms. The summed E-state index contributed by atoms with van der Waals surface area (Å²) in [4.78, 5) is 27.2. The first kappa shape index (κ1) is 19.7. The van der Waals surface area contributed by atoms with Crippen LogP contribution in [0, 0.1) is 6.92 Å². The second-order valence-electron chi connectivity index (χ2n) is 6.71. The zero-order valence-electron chi connectivity index (χ0n) is 16.4. The van der Waals surface area contributed by atoms with Crippen molar-refractivity contribution in [2.45, 2.75) is 26.7 Å². The third-order valence-corrected chi connectivity index (χ3v) is 4.66. The molecule has 0 aromatic heterocycles. The molecule has 2 amide bonds. The van der Waals surface area contributed by atoms with Crippen LogP contribution in [0.3, 0.4) is 0 Å². The third kappa shape index (κ3) is 4.63. The zero-order chi connectivity index (χ0) is 19.9. The minimum absolute atomic E-state index is 0.0338. The molecule has 2 aromatic rings. The Labute approximate surface area is 165 Å². The largest absolute Gasteiger partial charge is 0.490 e. The molecule has 2 aromatic carbocycles. The molecule has 0 unspecified atom stereocenters. The second-order valence-corrected chi connectivity index (χ2v) is 6.71. The molecule has 1 heterocycles. The summed E-state index contributed by atoms with van der Waals surface area (Å²) < 4.78 is 11.1. The van der Waals surface area contributed by atoms with Gasteiger partial charge in [-0.1, -0.05) is 24.3 Å². The van der Waals surface area contributed by atoms with E-state index in [0.29, 0.717) is 29.4 Å². The van der Waals surface area contributed by atoms with E-state index in [4.69, 9.17) is 9.47 Å². The lowest BCUT2D eigenvalue weighted by molar-refractivity contribution is -0.118. The Kier molecular flexibility index (Phi) is 6.53. The van der Waals surface area contributed by atoms with Gasteiger partial charge in [-0.25, -0.2) is 0 Å². The Morgan fingerprint density at radius 3 is 2.36 bits per heavy atom. The van der Waals surface area contributed by atoms with E-state index < -0.39 is 0 Å². The number of ether oxygens (including phenoxy) is 2. The summed E-state index contributed by atoms with van der Waals surface area (Å²) in [6.07, 6.45) is 2.04. The summed E-state index contributed by atoms with van der Waals surface area (Å²) in [6, 6.07) is 12.7. The van der Waals surface area contributed by atoms with E-state index in [9.17, 15) is 9.59 Å². The Hall–Kier alpha value is -3.02. The molecular formula is C22H26N2O4. The molecule has 0 atom stereocenters. The van der Waals surface area contributed by atoms with Crippen LogP contribution in [-0.2, 0) is 4.79 Å². The van der Waals surface area contributed by atoms with Gasteiger partial charge in [0, 0.05) is 13.1 Å². The summed E-state index contributed by atoms with van der Waals surface area (Å²) in [6.45, 7) is 5.64. The number of amides is 2. The fourth-order valence-electron chi connectivity index (χ4n) is 3.31. The summed E-state index contributed by atoms with van der Waals surface area (Å²) >= 11 is 0. The number of carbonyl (C=O) groups excluding carboxylic acids is 2. The van der Waals surface area contributed by atoms with Crippen molar-refractivity contribution >= 4 is 17.5 Å². The third-order valence-electron chi connectivity index (χ3n) is 4.66. The van der Waals surface area contributed by atoms with E-state index in [-0.39, 0.29) is 18.4 Å². The molecule has 148 valence electrons. The number of hydrogen-bond donors (Lipinski definition) is 1. The Morgan fingerprint density at radius 2 is 1.68 bits per heavy atom. The van der Waals surface area contributed by atoms with Gasteiger partial charge in [-0.3, -0.25) is 9.59 Å². The molecule has 0 bridgehead atoms. The lowest BCUT2D eigenvalue weighted by Gasteiger charge is -2.20. The molecule has 1 fully saturated rings. The molecule has 6 nitrogen and oxygen atoms in total. The van der Waals surface area contributed by atoms with Crippen LogP contribution < -0.4 is 14.8 Å². The minimum Gasteiger partial charge on any atom is -0.490 e. The predicted octanol–water partition coefficient (Wildman–Crippen LogP) is 3.65. The average Bonchev–Trinajstić information content (AvgIpc) is 3.22. The smallest absolute Gasteiger partial charge is 0.262 e. The number of nitrogens with zero attached hydrogens (tertiary/aromatic N) is 1. The van der Waals surface area contributed by atoms with Crippen LogP contribution in [0.15, 0.2) is 42.5 Å². The molecule has 1 aliphatic heterocycles. The first-order valence-corrected chi connectivity index (χ1v) is 9.63. The maximum atomic E-state index is 12.9. The number of hydrogen-bond acceptors (Lipinski definition) is 4. The fraction of sp³-hybridized carbons (Fsp3) is 0.364. The fourth-order valence-corrected chi connectivity index (χ4v) is 3.31. The van der Waals surface area contributed by atoms with Crippen molar-refractivity contribution in [3.8, 4) is 11.5 Å². The lowest BCUT2D eigenvalue weighted by atomic mass is 10.0. The SMILES string of the molecule is CCOc1ccccc1OCC(=O)Nc1cccc(C)c1C(=O)N1CCCC1. The van der Waals surface area contributed by atoms with E-state index in [2.05, 4.69) is 5.32 Å². The van der Waals surface area contributed by atoms with Crippen molar-refractivity contribution in [1.29, 1.82) is 0 Å². The first-order valence-electron chi connectivity index (χ1n) is 9.63. The van der Waals surface area contributed by atoms with Gasteiger partial charge in [-0.2, -0.15) is 0 Å².